The summed E-state index contributed by atoms with van der Waals surface area (Å²) in [5.74, 6) is -0.774. The molecule has 0 aliphatic rings. The monoisotopic (exact) mass is 296 g/mol. The van der Waals surface area contributed by atoms with Gasteiger partial charge in [0.15, 0.2) is 11.5 Å². The van der Waals surface area contributed by atoms with Gasteiger partial charge in [0.25, 0.3) is 0 Å². The second kappa shape index (κ2) is 7.49. The summed E-state index contributed by atoms with van der Waals surface area (Å²) in [6.07, 6.45) is 0.264. The zero-order chi connectivity index (χ0) is 16.0. The van der Waals surface area contributed by atoms with Crippen molar-refractivity contribution in [2.45, 2.75) is 6.42 Å². The van der Waals surface area contributed by atoms with E-state index in [1.165, 1.54) is 26.4 Å². The van der Waals surface area contributed by atoms with Gasteiger partial charge in [-0.1, -0.05) is 0 Å². The number of anilines is 1. The molecule has 0 aromatic heterocycles. The maximum atomic E-state index is 11.8. The molecule has 7 heteroatoms. The number of aromatic carboxylic acids is 1. The standard InChI is InChI=1S/C14H20N2O5/c1-16(2)6-5-13(17)15-10-8-12(21-4)11(20-3)7-9(10)14(18)19/h7-8H,5-6H2,1-4H3,(H,15,17)(H,18,19). The van der Waals surface area contributed by atoms with Crippen LogP contribution in [-0.2, 0) is 4.79 Å². The van der Waals surface area contributed by atoms with Crippen LogP contribution in [0.2, 0.25) is 0 Å². The van der Waals surface area contributed by atoms with E-state index in [9.17, 15) is 14.7 Å². The highest BCUT2D eigenvalue weighted by Crippen LogP contribution is 2.33. The first-order valence-corrected chi connectivity index (χ1v) is 6.33. The molecule has 7 nitrogen and oxygen atoms in total. The van der Waals surface area contributed by atoms with Crippen molar-refractivity contribution in [2.75, 3.05) is 40.2 Å². The second-order valence-corrected chi connectivity index (χ2v) is 4.66. The third kappa shape index (κ3) is 4.64. The Morgan fingerprint density at radius 1 is 1.19 bits per heavy atom. The summed E-state index contributed by atoms with van der Waals surface area (Å²) in [4.78, 5) is 25.0. The molecule has 1 rings (SSSR count). The molecular formula is C14H20N2O5. The Hall–Kier alpha value is -2.28. The smallest absolute Gasteiger partial charge is 0.337 e. The lowest BCUT2D eigenvalue weighted by atomic mass is 10.1. The summed E-state index contributed by atoms with van der Waals surface area (Å²) in [7, 11) is 6.56. The van der Waals surface area contributed by atoms with Crippen molar-refractivity contribution >= 4 is 17.6 Å². The Kier molecular flexibility index (Phi) is 5.98. The first kappa shape index (κ1) is 16.8. The van der Waals surface area contributed by atoms with Crippen LogP contribution in [0.1, 0.15) is 16.8 Å². The fourth-order valence-corrected chi connectivity index (χ4v) is 1.70. The Morgan fingerprint density at radius 3 is 2.24 bits per heavy atom. The molecule has 0 spiro atoms. The molecule has 116 valence electrons. The van der Waals surface area contributed by atoms with Crippen molar-refractivity contribution in [1.82, 2.24) is 4.90 Å². The number of rotatable bonds is 7. The molecular weight excluding hydrogens is 276 g/mol. The zero-order valence-corrected chi connectivity index (χ0v) is 12.6. The Morgan fingerprint density at radius 2 is 1.76 bits per heavy atom. The molecule has 0 unspecified atom stereocenters. The van der Waals surface area contributed by atoms with Crippen molar-refractivity contribution in [3.63, 3.8) is 0 Å². The molecule has 0 saturated carbocycles. The number of hydrogen-bond donors (Lipinski definition) is 2. The van der Waals surface area contributed by atoms with Crippen LogP contribution >= 0.6 is 0 Å². The van der Waals surface area contributed by atoms with Gasteiger partial charge in [-0.2, -0.15) is 0 Å². The summed E-state index contributed by atoms with van der Waals surface area (Å²) in [5.41, 5.74) is 0.134. The van der Waals surface area contributed by atoms with Crippen LogP contribution in [0.15, 0.2) is 12.1 Å². The van der Waals surface area contributed by atoms with Crippen molar-refractivity contribution in [3.8, 4) is 11.5 Å². The molecule has 0 fully saturated rings. The Balaban J connectivity index is 3.04. The van der Waals surface area contributed by atoms with Crippen molar-refractivity contribution in [1.29, 1.82) is 0 Å². The maximum Gasteiger partial charge on any atom is 0.337 e. The average Bonchev–Trinajstić information content (AvgIpc) is 2.44. The van der Waals surface area contributed by atoms with Crippen molar-refractivity contribution in [2.24, 2.45) is 0 Å². The SMILES string of the molecule is COc1cc(NC(=O)CCN(C)C)c(C(=O)O)cc1OC. The van der Waals surface area contributed by atoms with E-state index in [1.54, 1.807) is 0 Å². The molecule has 0 aliphatic carbocycles. The maximum absolute atomic E-state index is 11.8. The van der Waals surface area contributed by atoms with Crippen LogP contribution in [0.4, 0.5) is 5.69 Å². The quantitative estimate of drug-likeness (QED) is 0.788. The molecule has 1 aromatic carbocycles. The summed E-state index contributed by atoms with van der Waals surface area (Å²) in [6.45, 7) is 0.571. The van der Waals surface area contributed by atoms with Gasteiger partial charge in [-0.3, -0.25) is 4.79 Å². The number of nitrogens with one attached hydrogen (secondary N) is 1. The fourth-order valence-electron chi connectivity index (χ4n) is 1.70. The number of amides is 1. The second-order valence-electron chi connectivity index (χ2n) is 4.66. The number of carboxylic acids is 1. The third-order valence-electron chi connectivity index (χ3n) is 2.81. The van der Waals surface area contributed by atoms with Crippen LogP contribution in [0.3, 0.4) is 0 Å². The molecule has 0 atom stereocenters. The molecule has 2 N–H and O–H groups in total. The molecule has 0 bridgehead atoms. The molecule has 0 heterocycles. The summed E-state index contributed by atoms with van der Waals surface area (Å²) >= 11 is 0. The number of carboxylic acid groups (broad SMARTS) is 1. The van der Waals surface area contributed by atoms with Crippen molar-refractivity contribution in [3.05, 3.63) is 17.7 Å². The van der Waals surface area contributed by atoms with Crippen LogP contribution in [-0.4, -0.2) is 56.7 Å². The van der Waals surface area contributed by atoms with E-state index in [4.69, 9.17) is 9.47 Å². The van der Waals surface area contributed by atoms with Crippen molar-refractivity contribution < 1.29 is 24.2 Å². The molecule has 21 heavy (non-hydrogen) atoms. The Bertz CT molecular complexity index is 528. The van der Waals surface area contributed by atoms with E-state index in [1.807, 2.05) is 19.0 Å². The van der Waals surface area contributed by atoms with Gasteiger partial charge < -0.3 is 24.8 Å². The van der Waals surface area contributed by atoms with Crippen LogP contribution in [0.25, 0.3) is 0 Å². The molecule has 0 aliphatic heterocycles. The fraction of sp³-hybridized carbons (Fsp3) is 0.429. The van der Waals surface area contributed by atoms with Gasteiger partial charge in [-0.05, 0) is 14.1 Å². The minimum Gasteiger partial charge on any atom is -0.493 e. The lowest BCUT2D eigenvalue weighted by molar-refractivity contribution is -0.116. The number of methoxy groups -OCH3 is 2. The van der Waals surface area contributed by atoms with Gasteiger partial charge in [0.1, 0.15) is 0 Å². The third-order valence-corrected chi connectivity index (χ3v) is 2.81. The highest BCUT2D eigenvalue weighted by molar-refractivity contribution is 6.01. The van der Waals surface area contributed by atoms with Gasteiger partial charge >= 0.3 is 5.97 Å². The number of ether oxygens (including phenoxy) is 2. The first-order chi connectivity index (χ1) is 9.88. The normalized spacial score (nSPS) is 10.3. The predicted octanol–water partition coefficient (Wildman–Crippen LogP) is 1.29. The highest BCUT2D eigenvalue weighted by Gasteiger charge is 2.17. The summed E-state index contributed by atoms with van der Waals surface area (Å²) < 4.78 is 10.2. The van der Waals surface area contributed by atoms with Crippen LogP contribution in [0, 0.1) is 0 Å². The van der Waals surface area contributed by atoms with Gasteiger partial charge in [-0.25, -0.2) is 4.79 Å². The lowest BCUT2D eigenvalue weighted by Gasteiger charge is -2.14. The molecule has 0 radical (unpaired) electrons. The molecule has 1 aromatic rings. The Labute approximate surface area is 123 Å². The van der Waals surface area contributed by atoms with E-state index < -0.39 is 5.97 Å². The minimum absolute atomic E-state index is 0.0501. The van der Waals surface area contributed by atoms with E-state index in [0.717, 1.165) is 0 Å². The largest absolute Gasteiger partial charge is 0.493 e. The number of nitrogens with zero attached hydrogens (tertiary/aromatic N) is 1. The number of benzene rings is 1. The van der Waals surface area contributed by atoms with E-state index in [2.05, 4.69) is 5.32 Å². The predicted molar refractivity (Wildman–Crippen MR) is 78.3 cm³/mol. The van der Waals surface area contributed by atoms with E-state index >= 15 is 0 Å². The van der Waals surface area contributed by atoms with Gasteiger partial charge in [-0.15, -0.1) is 0 Å². The van der Waals surface area contributed by atoms with Gasteiger partial charge in [0.2, 0.25) is 5.91 Å². The zero-order valence-electron chi connectivity index (χ0n) is 12.6. The molecule has 0 saturated heterocycles. The van der Waals surface area contributed by atoms with Crippen LogP contribution < -0.4 is 14.8 Å². The van der Waals surface area contributed by atoms with E-state index in [0.29, 0.717) is 18.0 Å². The van der Waals surface area contributed by atoms with Gasteiger partial charge in [0.05, 0.1) is 25.5 Å². The van der Waals surface area contributed by atoms with Gasteiger partial charge in [0, 0.05) is 25.1 Å². The molecule has 1 amide bonds. The highest BCUT2D eigenvalue weighted by atomic mass is 16.5. The number of carbonyl (C=O) groups excluding carboxylic acids is 1. The number of carbonyl (C=O) groups is 2. The summed E-state index contributed by atoms with van der Waals surface area (Å²) in [6, 6.07) is 2.76. The van der Waals surface area contributed by atoms with E-state index in [-0.39, 0.29) is 23.6 Å². The van der Waals surface area contributed by atoms with Crippen LogP contribution in [0.5, 0.6) is 11.5 Å². The lowest BCUT2D eigenvalue weighted by Crippen LogP contribution is -2.21. The number of hydrogen-bond acceptors (Lipinski definition) is 5. The topological polar surface area (TPSA) is 88.1 Å². The minimum atomic E-state index is -1.15. The summed E-state index contributed by atoms with van der Waals surface area (Å²) in [5, 5.41) is 11.8. The average molecular weight is 296 g/mol. The first-order valence-electron chi connectivity index (χ1n) is 6.33.